The molecule has 0 aliphatic heterocycles. The molecule has 1 N–H and O–H groups in total. The average molecular weight is 401 g/mol. The molecule has 2 aromatic carbocycles. The summed E-state index contributed by atoms with van der Waals surface area (Å²) in [5.74, 6) is 0.995. The lowest BCUT2D eigenvalue weighted by Crippen LogP contribution is -2.21. The van der Waals surface area contributed by atoms with Crippen molar-refractivity contribution in [1.82, 2.24) is 14.9 Å². The third kappa shape index (κ3) is 5.11. The average Bonchev–Trinajstić information content (AvgIpc) is 3.02. The second kappa shape index (κ2) is 9.83. The maximum atomic E-state index is 12.1. The van der Waals surface area contributed by atoms with Crippen molar-refractivity contribution in [3.8, 4) is 11.1 Å². The van der Waals surface area contributed by atoms with Crippen LogP contribution in [-0.4, -0.2) is 22.2 Å². The van der Waals surface area contributed by atoms with Crippen LogP contribution in [0.3, 0.4) is 0 Å². The van der Waals surface area contributed by atoms with Crippen LogP contribution in [0.15, 0.2) is 71.5 Å². The number of rotatable bonds is 8. The molecular weight excluding hydrogens is 372 g/mol. The minimum Gasteiger partial charge on any atom is -0.331 e. The molecule has 30 heavy (non-hydrogen) atoms. The van der Waals surface area contributed by atoms with Gasteiger partial charge < -0.3 is 9.88 Å². The molecule has 1 amide bonds. The number of aromatic nitrogens is 2. The van der Waals surface area contributed by atoms with Gasteiger partial charge in [-0.25, -0.2) is 4.98 Å². The van der Waals surface area contributed by atoms with Gasteiger partial charge in [0.2, 0.25) is 5.91 Å². The third-order valence-electron chi connectivity index (χ3n) is 5.12. The number of fused-ring (bicyclic) bond motifs is 1. The first kappa shape index (κ1) is 21.2. The van der Waals surface area contributed by atoms with Crippen LogP contribution in [0.25, 0.3) is 22.2 Å². The van der Waals surface area contributed by atoms with Gasteiger partial charge in [-0.2, -0.15) is 0 Å². The number of hydrogen-bond donors (Lipinski definition) is 1. The molecule has 0 saturated carbocycles. The number of carbonyl (C=O) groups is 1. The minimum absolute atomic E-state index is 0.0152. The fourth-order valence-corrected chi connectivity index (χ4v) is 3.44. The van der Waals surface area contributed by atoms with Crippen molar-refractivity contribution in [2.75, 3.05) is 0 Å². The largest absolute Gasteiger partial charge is 0.331 e. The summed E-state index contributed by atoms with van der Waals surface area (Å²) < 4.78 is 2.10. The van der Waals surface area contributed by atoms with Crippen LogP contribution in [0.1, 0.15) is 31.2 Å². The van der Waals surface area contributed by atoms with Gasteiger partial charge in [-0.15, -0.1) is 0 Å². The summed E-state index contributed by atoms with van der Waals surface area (Å²) >= 11 is 0. The highest BCUT2D eigenvalue weighted by Crippen LogP contribution is 2.25. The van der Waals surface area contributed by atoms with E-state index in [4.69, 9.17) is 0 Å². The van der Waals surface area contributed by atoms with Gasteiger partial charge in [0, 0.05) is 19.7 Å². The van der Waals surface area contributed by atoms with E-state index in [0.29, 0.717) is 12.1 Å². The Morgan fingerprint density at radius 1 is 1.20 bits per heavy atom. The molecule has 1 heterocycles. The van der Waals surface area contributed by atoms with Crippen molar-refractivity contribution in [2.45, 2.75) is 33.1 Å². The van der Waals surface area contributed by atoms with E-state index in [9.17, 15) is 4.79 Å². The summed E-state index contributed by atoms with van der Waals surface area (Å²) in [6, 6.07) is 14.9. The van der Waals surface area contributed by atoms with E-state index in [1.807, 2.05) is 27.0 Å². The molecule has 0 unspecified atom stereocenters. The molecular formula is C25H28N4O. The summed E-state index contributed by atoms with van der Waals surface area (Å²) in [7, 11) is 2.04. The van der Waals surface area contributed by atoms with E-state index in [1.165, 1.54) is 11.1 Å². The predicted octanol–water partition coefficient (Wildman–Crippen LogP) is 5.11. The van der Waals surface area contributed by atoms with Crippen molar-refractivity contribution in [3.05, 3.63) is 77.9 Å². The van der Waals surface area contributed by atoms with E-state index in [0.717, 1.165) is 35.3 Å². The lowest BCUT2D eigenvalue weighted by atomic mass is 10.0. The van der Waals surface area contributed by atoms with Crippen LogP contribution >= 0.6 is 0 Å². The Kier molecular flexibility index (Phi) is 6.96. The summed E-state index contributed by atoms with van der Waals surface area (Å²) in [5, 5.41) is 2.85. The fourth-order valence-electron chi connectivity index (χ4n) is 3.44. The highest BCUT2D eigenvalue weighted by Gasteiger charge is 2.07. The summed E-state index contributed by atoms with van der Waals surface area (Å²) in [5.41, 5.74) is 6.36. The number of aryl methyl sites for hydroxylation is 3. The highest BCUT2D eigenvalue weighted by atomic mass is 16.1. The van der Waals surface area contributed by atoms with Crippen molar-refractivity contribution in [1.29, 1.82) is 0 Å². The maximum Gasteiger partial charge on any atom is 0.224 e. The van der Waals surface area contributed by atoms with Crippen LogP contribution in [0.2, 0.25) is 0 Å². The van der Waals surface area contributed by atoms with Crippen molar-refractivity contribution < 1.29 is 4.79 Å². The Labute approximate surface area is 177 Å². The molecule has 0 radical (unpaired) electrons. The normalized spacial score (nSPS) is 11.9. The fraction of sp³-hybridized carbons (Fsp3) is 0.240. The molecule has 154 valence electrons. The molecule has 0 aliphatic carbocycles. The van der Waals surface area contributed by atoms with Crippen molar-refractivity contribution in [3.63, 3.8) is 0 Å². The zero-order valence-electron chi connectivity index (χ0n) is 17.9. The van der Waals surface area contributed by atoms with E-state index in [2.05, 4.69) is 69.0 Å². The van der Waals surface area contributed by atoms with Crippen molar-refractivity contribution >= 4 is 23.7 Å². The maximum absolute atomic E-state index is 12.1. The van der Waals surface area contributed by atoms with E-state index in [-0.39, 0.29) is 5.91 Å². The molecule has 3 aromatic rings. The minimum atomic E-state index is -0.0152. The number of benzene rings is 2. The number of aliphatic imine (C=N–C) groups is 1. The van der Waals surface area contributed by atoms with E-state index < -0.39 is 0 Å². The Balaban J connectivity index is 1.58. The predicted molar refractivity (Wildman–Crippen MR) is 124 cm³/mol. The molecule has 5 heteroatoms. The van der Waals surface area contributed by atoms with Gasteiger partial charge in [0.05, 0.1) is 16.7 Å². The van der Waals surface area contributed by atoms with Gasteiger partial charge >= 0.3 is 0 Å². The Hall–Kier alpha value is -3.47. The molecule has 0 bridgehead atoms. The number of imidazole rings is 1. The number of hydrogen-bond acceptors (Lipinski definition) is 3. The second-order valence-electron chi connectivity index (χ2n) is 7.29. The van der Waals surface area contributed by atoms with Crippen LogP contribution in [0.4, 0.5) is 0 Å². The van der Waals surface area contributed by atoms with Gasteiger partial charge in [0.1, 0.15) is 5.82 Å². The zero-order chi connectivity index (χ0) is 21.5. The van der Waals surface area contributed by atoms with E-state index in [1.54, 1.807) is 12.3 Å². The topological polar surface area (TPSA) is 59.3 Å². The molecule has 0 saturated heterocycles. The number of amides is 1. The molecule has 3 rings (SSSR count). The number of allylic oxidation sites excluding steroid dienone is 2. The Bertz CT molecular complexity index is 1100. The lowest BCUT2D eigenvalue weighted by Gasteiger charge is -2.07. The van der Waals surface area contributed by atoms with Gasteiger partial charge in [0.25, 0.3) is 0 Å². The highest BCUT2D eigenvalue weighted by molar-refractivity contribution is 5.82. The molecule has 5 nitrogen and oxygen atoms in total. The lowest BCUT2D eigenvalue weighted by molar-refractivity contribution is -0.120. The van der Waals surface area contributed by atoms with Crippen LogP contribution in [0.5, 0.6) is 0 Å². The monoisotopic (exact) mass is 400 g/mol. The SMILES string of the molecule is C=N/C=C(\C=C/C)NC(=O)CCCc1ccc(-c2ccc3c(c2)nc(C)n3C)cc1. The van der Waals surface area contributed by atoms with Crippen LogP contribution in [0, 0.1) is 6.92 Å². The first-order valence-electron chi connectivity index (χ1n) is 10.1. The quantitative estimate of drug-likeness (QED) is 0.422. The van der Waals surface area contributed by atoms with Crippen molar-refractivity contribution in [2.24, 2.45) is 12.0 Å². The summed E-state index contributed by atoms with van der Waals surface area (Å²) in [6.45, 7) is 7.33. The smallest absolute Gasteiger partial charge is 0.224 e. The summed E-state index contributed by atoms with van der Waals surface area (Å²) in [6.07, 6.45) is 7.30. The Morgan fingerprint density at radius 3 is 2.63 bits per heavy atom. The van der Waals surface area contributed by atoms with Gasteiger partial charge in [-0.1, -0.05) is 36.4 Å². The number of nitrogens with one attached hydrogen (secondary N) is 1. The zero-order valence-corrected chi connectivity index (χ0v) is 17.9. The third-order valence-corrected chi connectivity index (χ3v) is 5.12. The number of carbonyl (C=O) groups excluding carboxylic acids is 1. The van der Waals surface area contributed by atoms with Crippen LogP contribution in [-0.2, 0) is 18.3 Å². The molecule has 0 aliphatic rings. The molecule has 1 aromatic heterocycles. The molecule has 0 fully saturated rings. The molecule has 0 spiro atoms. The van der Waals surface area contributed by atoms with Gasteiger partial charge in [-0.3, -0.25) is 9.79 Å². The second-order valence-corrected chi connectivity index (χ2v) is 7.29. The first-order chi connectivity index (χ1) is 14.5. The molecule has 0 atom stereocenters. The van der Waals surface area contributed by atoms with Gasteiger partial charge in [-0.05, 0) is 68.3 Å². The first-order valence-corrected chi connectivity index (χ1v) is 10.1. The van der Waals surface area contributed by atoms with E-state index >= 15 is 0 Å². The Morgan fingerprint density at radius 2 is 1.93 bits per heavy atom. The number of nitrogens with zero attached hydrogens (tertiary/aromatic N) is 3. The standard InChI is InChI=1S/C25H28N4O/c1-5-7-22(17-26-3)28-25(30)9-6-8-19-10-12-20(13-11-19)21-14-15-24-23(16-21)27-18(2)29(24)4/h5,7,10-17H,3,6,8-9H2,1-2,4H3,(H,28,30)/b7-5-,22-17+. The van der Waals surface area contributed by atoms with Gasteiger partial charge in [0.15, 0.2) is 0 Å². The summed E-state index contributed by atoms with van der Waals surface area (Å²) in [4.78, 5) is 20.4. The van der Waals surface area contributed by atoms with Crippen LogP contribution < -0.4 is 5.32 Å².